The van der Waals surface area contributed by atoms with Crippen LogP contribution in [-0.4, -0.2) is 8.07 Å². The molecule has 1 aliphatic heterocycles. The Morgan fingerprint density at radius 2 is 2.00 bits per heavy atom. The largest absolute Gasteiger partial charge is 0.107 e. The molecule has 0 aromatic carbocycles. The molecule has 2 aliphatic rings. The van der Waals surface area contributed by atoms with Crippen LogP contribution in [0.5, 0.6) is 0 Å². The molecule has 0 nitrogen and oxygen atoms in total. The molecule has 0 saturated carbocycles. The maximum absolute atomic E-state index is 2.51. The molecule has 0 fully saturated rings. The van der Waals surface area contributed by atoms with Gasteiger partial charge >= 0.3 is 0 Å². The van der Waals surface area contributed by atoms with Crippen LogP contribution in [0, 0.1) is 5.92 Å². The lowest BCUT2D eigenvalue weighted by molar-refractivity contribution is 0.700. The molecule has 1 heterocycles. The molecule has 0 bridgehead atoms. The van der Waals surface area contributed by atoms with E-state index in [0.29, 0.717) is 0 Å². The van der Waals surface area contributed by atoms with Gasteiger partial charge in [-0.3, -0.25) is 0 Å². The highest BCUT2D eigenvalue weighted by Gasteiger charge is 2.52. The molecule has 12 heavy (non-hydrogen) atoms. The SMILES string of the molecule is CCC1=CC2=C(C1CC)[Si]2(C)C. The van der Waals surface area contributed by atoms with Crippen LogP contribution in [0.4, 0.5) is 0 Å². The highest BCUT2D eigenvalue weighted by Crippen LogP contribution is 2.55. The highest BCUT2D eigenvalue weighted by molar-refractivity contribution is 7.02. The first-order valence-corrected chi connectivity index (χ1v) is 8.08. The Morgan fingerprint density at radius 3 is 2.50 bits per heavy atom. The van der Waals surface area contributed by atoms with Crippen LogP contribution in [0.1, 0.15) is 26.7 Å². The summed E-state index contributed by atoms with van der Waals surface area (Å²) in [6, 6.07) is 0. The fraction of sp³-hybridized carbons (Fsp3) is 0.636. The van der Waals surface area contributed by atoms with Crippen LogP contribution >= 0.6 is 0 Å². The van der Waals surface area contributed by atoms with Crippen molar-refractivity contribution in [2.45, 2.75) is 39.8 Å². The lowest BCUT2D eigenvalue weighted by Gasteiger charge is -2.19. The van der Waals surface area contributed by atoms with Gasteiger partial charge in [0.25, 0.3) is 0 Å². The van der Waals surface area contributed by atoms with Gasteiger partial charge in [0.1, 0.15) is 8.07 Å². The van der Waals surface area contributed by atoms with Crippen LogP contribution in [-0.2, 0) is 0 Å². The van der Waals surface area contributed by atoms with Crippen molar-refractivity contribution in [1.29, 1.82) is 0 Å². The zero-order chi connectivity index (χ0) is 8.93. The van der Waals surface area contributed by atoms with E-state index in [1.165, 1.54) is 12.8 Å². The van der Waals surface area contributed by atoms with Gasteiger partial charge in [-0.25, -0.2) is 0 Å². The molecule has 2 rings (SSSR count). The van der Waals surface area contributed by atoms with E-state index in [1.54, 1.807) is 10.8 Å². The van der Waals surface area contributed by atoms with Crippen LogP contribution < -0.4 is 0 Å². The molecule has 0 N–H and O–H groups in total. The molecule has 66 valence electrons. The molecular weight excluding hydrogens is 160 g/mol. The van der Waals surface area contributed by atoms with Gasteiger partial charge in [-0.05, 0) is 18.8 Å². The van der Waals surface area contributed by atoms with Gasteiger partial charge in [0.15, 0.2) is 0 Å². The van der Waals surface area contributed by atoms with Gasteiger partial charge in [0.2, 0.25) is 0 Å². The zero-order valence-electron chi connectivity index (χ0n) is 8.57. The average Bonchev–Trinajstić information content (AvgIpc) is 2.50. The Kier molecular flexibility index (Phi) is 1.62. The van der Waals surface area contributed by atoms with Crippen molar-refractivity contribution >= 4 is 8.07 Å². The van der Waals surface area contributed by atoms with E-state index >= 15 is 0 Å². The molecule has 0 saturated heterocycles. The Morgan fingerprint density at radius 1 is 1.33 bits per heavy atom. The minimum Gasteiger partial charge on any atom is -0.0694 e. The molecule has 1 atom stereocenters. The lowest BCUT2D eigenvalue weighted by Crippen LogP contribution is -2.18. The average molecular weight is 178 g/mol. The zero-order valence-corrected chi connectivity index (χ0v) is 9.57. The molecule has 0 spiro atoms. The van der Waals surface area contributed by atoms with Crippen molar-refractivity contribution in [3.05, 3.63) is 22.0 Å². The van der Waals surface area contributed by atoms with Crippen molar-refractivity contribution in [3.8, 4) is 0 Å². The van der Waals surface area contributed by atoms with E-state index in [9.17, 15) is 0 Å². The number of allylic oxidation sites excluding steroid dienone is 4. The molecular formula is C11H18Si. The predicted octanol–water partition coefficient (Wildman–Crippen LogP) is 3.46. The Hall–Kier alpha value is -0.303. The molecule has 1 heteroatoms. The predicted molar refractivity (Wildman–Crippen MR) is 56.7 cm³/mol. The van der Waals surface area contributed by atoms with Gasteiger partial charge < -0.3 is 0 Å². The van der Waals surface area contributed by atoms with Crippen molar-refractivity contribution in [1.82, 2.24) is 0 Å². The van der Waals surface area contributed by atoms with Gasteiger partial charge in [-0.15, -0.1) is 0 Å². The monoisotopic (exact) mass is 178 g/mol. The number of hydrogen-bond acceptors (Lipinski definition) is 0. The first-order chi connectivity index (χ1) is 5.62. The maximum atomic E-state index is 2.51. The Balaban J connectivity index is 2.24. The summed E-state index contributed by atoms with van der Waals surface area (Å²) in [6.45, 7) is 9.59. The normalized spacial score (nSPS) is 30.3. The van der Waals surface area contributed by atoms with Crippen molar-refractivity contribution in [2.75, 3.05) is 0 Å². The fourth-order valence-corrected chi connectivity index (χ4v) is 6.55. The summed E-state index contributed by atoms with van der Waals surface area (Å²) in [7, 11) is -0.892. The minimum atomic E-state index is -0.892. The van der Waals surface area contributed by atoms with Crippen molar-refractivity contribution in [2.24, 2.45) is 5.92 Å². The van der Waals surface area contributed by atoms with E-state index < -0.39 is 8.07 Å². The third-order valence-electron chi connectivity index (χ3n) is 3.52. The standard InChI is InChI=1S/C11H18Si/c1-5-8-7-10-11(9(8)6-2)12(10,3)4/h7,9H,5-6H2,1-4H3. The van der Waals surface area contributed by atoms with Crippen molar-refractivity contribution < 1.29 is 0 Å². The van der Waals surface area contributed by atoms with E-state index in [2.05, 4.69) is 33.0 Å². The number of hydrogen-bond donors (Lipinski definition) is 0. The summed E-state index contributed by atoms with van der Waals surface area (Å²) in [5.74, 6) is 0.867. The van der Waals surface area contributed by atoms with E-state index in [4.69, 9.17) is 0 Å². The third-order valence-corrected chi connectivity index (χ3v) is 6.99. The van der Waals surface area contributed by atoms with Gasteiger partial charge in [0, 0.05) is 0 Å². The Bertz CT molecular complexity index is 281. The second-order valence-electron chi connectivity index (χ2n) is 4.49. The molecule has 0 aromatic rings. The minimum absolute atomic E-state index is 0.867. The summed E-state index contributed by atoms with van der Waals surface area (Å²) < 4.78 is 0. The fourth-order valence-electron chi connectivity index (χ4n) is 2.70. The van der Waals surface area contributed by atoms with Gasteiger partial charge in [-0.1, -0.05) is 49.0 Å². The first-order valence-electron chi connectivity index (χ1n) is 5.08. The van der Waals surface area contributed by atoms with E-state index in [-0.39, 0.29) is 0 Å². The van der Waals surface area contributed by atoms with Crippen LogP contribution in [0.25, 0.3) is 0 Å². The van der Waals surface area contributed by atoms with Crippen molar-refractivity contribution in [3.63, 3.8) is 0 Å². The molecule has 1 unspecified atom stereocenters. The third kappa shape index (κ3) is 0.832. The van der Waals surface area contributed by atoms with E-state index in [1.807, 2.05) is 5.20 Å². The summed E-state index contributed by atoms with van der Waals surface area (Å²) in [6.07, 6.45) is 5.10. The summed E-state index contributed by atoms with van der Waals surface area (Å²) in [4.78, 5) is 0. The number of rotatable bonds is 2. The summed E-state index contributed by atoms with van der Waals surface area (Å²) in [5.41, 5.74) is 1.70. The maximum Gasteiger partial charge on any atom is 0.107 e. The molecule has 1 aliphatic carbocycles. The smallest absolute Gasteiger partial charge is 0.0694 e. The Labute approximate surface area is 76.4 Å². The second kappa shape index (κ2) is 2.35. The second-order valence-corrected chi connectivity index (χ2v) is 8.81. The lowest BCUT2D eigenvalue weighted by atomic mass is 9.98. The molecule has 0 aromatic heterocycles. The molecule has 0 amide bonds. The summed E-state index contributed by atoms with van der Waals surface area (Å²) >= 11 is 0. The molecule has 0 radical (unpaired) electrons. The topological polar surface area (TPSA) is 0 Å². The van der Waals surface area contributed by atoms with E-state index in [0.717, 1.165) is 5.92 Å². The van der Waals surface area contributed by atoms with Crippen LogP contribution in [0.15, 0.2) is 22.0 Å². The first kappa shape index (κ1) is 8.30. The highest BCUT2D eigenvalue weighted by atomic mass is 28.3. The van der Waals surface area contributed by atoms with Gasteiger partial charge in [-0.2, -0.15) is 0 Å². The van der Waals surface area contributed by atoms with Crippen LogP contribution in [0.2, 0.25) is 13.1 Å². The summed E-state index contributed by atoms with van der Waals surface area (Å²) in [5, 5.41) is 3.66. The van der Waals surface area contributed by atoms with Crippen LogP contribution in [0.3, 0.4) is 0 Å². The van der Waals surface area contributed by atoms with Gasteiger partial charge in [0.05, 0.1) is 0 Å². The quantitative estimate of drug-likeness (QED) is 0.568.